The van der Waals surface area contributed by atoms with Crippen molar-refractivity contribution in [3.63, 3.8) is 0 Å². The van der Waals surface area contributed by atoms with Crippen LogP contribution in [-0.2, 0) is 6.54 Å². The van der Waals surface area contributed by atoms with E-state index >= 15 is 0 Å². The third-order valence-corrected chi connectivity index (χ3v) is 4.76. The minimum atomic E-state index is -0.262. The van der Waals surface area contributed by atoms with E-state index in [1.807, 2.05) is 36.9 Å². The fourth-order valence-electron chi connectivity index (χ4n) is 3.26. The van der Waals surface area contributed by atoms with E-state index in [4.69, 9.17) is 11.3 Å². The van der Waals surface area contributed by atoms with Crippen molar-refractivity contribution in [1.82, 2.24) is 19.9 Å². The first-order valence-electron chi connectivity index (χ1n) is 9.14. The second-order valence-electron chi connectivity index (χ2n) is 6.63. The summed E-state index contributed by atoms with van der Waals surface area (Å²) in [7, 11) is 0. The number of ether oxygens (including phenoxy) is 1. The van der Waals surface area contributed by atoms with Gasteiger partial charge in [-0.1, -0.05) is 12.1 Å². The summed E-state index contributed by atoms with van der Waals surface area (Å²) in [5.41, 5.74) is 2.28. The van der Waals surface area contributed by atoms with Gasteiger partial charge in [-0.15, -0.1) is 0 Å². The molecule has 142 valence electrons. The molecule has 3 aromatic rings. The predicted molar refractivity (Wildman–Crippen MR) is 105 cm³/mol. The van der Waals surface area contributed by atoms with Crippen molar-refractivity contribution >= 4 is 23.1 Å². The van der Waals surface area contributed by atoms with Crippen molar-refractivity contribution in [1.29, 1.82) is 0 Å². The summed E-state index contributed by atoms with van der Waals surface area (Å²) in [5.74, 6) is 1.12. The average Bonchev–Trinajstić information content (AvgIpc) is 3.13. The Morgan fingerprint density at radius 1 is 1.39 bits per heavy atom. The molecule has 1 aromatic carbocycles. The smallest absolute Gasteiger partial charge is 0.256 e. The van der Waals surface area contributed by atoms with E-state index < -0.39 is 0 Å². The molecule has 8 nitrogen and oxygen atoms in total. The van der Waals surface area contributed by atoms with Crippen LogP contribution in [0.3, 0.4) is 0 Å². The van der Waals surface area contributed by atoms with E-state index in [1.54, 1.807) is 16.8 Å². The van der Waals surface area contributed by atoms with E-state index in [0.29, 0.717) is 48.1 Å². The molecular weight excluding hydrogens is 356 g/mol. The van der Waals surface area contributed by atoms with Crippen LogP contribution in [0.1, 0.15) is 29.8 Å². The molecule has 28 heavy (non-hydrogen) atoms. The first-order valence-corrected chi connectivity index (χ1v) is 9.14. The lowest BCUT2D eigenvalue weighted by molar-refractivity contribution is 0.0933. The van der Waals surface area contributed by atoms with Crippen molar-refractivity contribution in [3.05, 3.63) is 59.2 Å². The van der Waals surface area contributed by atoms with E-state index in [-0.39, 0.29) is 12.0 Å². The monoisotopic (exact) mass is 376 g/mol. The number of fused-ring (bicyclic) bond motifs is 2. The molecule has 2 aromatic heterocycles. The van der Waals surface area contributed by atoms with Crippen LogP contribution < -0.4 is 15.0 Å². The Labute approximate surface area is 162 Å². The highest BCUT2D eigenvalue weighted by molar-refractivity contribution is 5.99. The molecule has 0 saturated heterocycles. The topological polar surface area (TPSA) is 76.1 Å². The molecule has 1 atom stereocenters. The third kappa shape index (κ3) is 3.11. The van der Waals surface area contributed by atoms with Gasteiger partial charge in [0.2, 0.25) is 0 Å². The molecule has 0 saturated carbocycles. The van der Waals surface area contributed by atoms with Crippen molar-refractivity contribution < 1.29 is 9.53 Å². The Kier molecular flexibility index (Phi) is 4.57. The van der Waals surface area contributed by atoms with Gasteiger partial charge in [0.15, 0.2) is 11.3 Å². The number of rotatable bonds is 1. The molecule has 1 N–H and O–H groups in total. The fourth-order valence-corrected chi connectivity index (χ4v) is 3.26. The molecular formula is C20H20N6O2. The number of benzene rings is 1. The zero-order valence-corrected chi connectivity index (χ0v) is 15.7. The van der Waals surface area contributed by atoms with Gasteiger partial charge in [-0.3, -0.25) is 4.79 Å². The average molecular weight is 376 g/mol. The van der Waals surface area contributed by atoms with Gasteiger partial charge in [0, 0.05) is 24.8 Å². The number of aromatic nitrogens is 3. The minimum Gasteiger partial charge on any atom is -0.490 e. The van der Waals surface area contributed by atoms with Gasteiger partial charge in [0.1, 0.15) is 23.2 Å². The maximum absolute atomic E-state index is 12.6. The molecule has 8 heteroatoms. The Bertz CT molecular complexity index is 1080. The van der Waals surface area contributed by atoms with Gasteiger partial charge in [-0.25, -0.2) is 14.3 Å². The molecule has 3 heterocycles. The SMILES string of the molecule is [C-]#[N+]c1cccc2c1CN(CC)c1ccn3ncc(c3n1)C(=O)NC[C@H](C)O2. The lowest BCUT2D eigenvalue weighted by atomic mass is 10.1. The quantitative estimate of drug-likeness (QED) is 0.661. The van der Waals surface area contributed by atoms with Crippen LogP contribution in [0.5, 0.6) is 5.75 Å². The summed E-state index contributed by atoms with van der Waals surface area (Å²) in [6.45, 7) is 12.9. The molecule has 2 bridgehead atoms. The normalized spacial score (nSPS) is 17.0. The van der Waals surface area contributed by atoms with E-state index in [2.05, 4.69) is 20.2 Å². The second-order valence-corrected chi connectivity index (χ2v) is 6.63. The fraction of sp³-hybridized carbons (Fsp3) is 0.300. The number of nitrogens with zero attached hydrogens (tertiary/aromatic N) is 5. The number of hydrogen-bond acceptors (Lipinski definition) is 5. The Balaban J connectivity index is 1.88. The molecule has 0 fully saturated rings. The standard InChI is InChI=1S/C20H20N6O2/c1-4-25-12-15-16(21-3)6-5-7-17(15)28-13(2)10-22-20(27)14-11-23-26-9-8-18(25)24-19(14)26/h5-9,11,13H,4,10,12H2,1-2H3,(H,22,27)/t13-/m0/s1. The first-order chi connectivity index (χ1) is 13.6. The second kappa shape index (κ2) is 7.19. The molecule has 0 aliphatic carbocycles. The van der Waals surface area contributed by atoms with E-state index in [1.165, 1.54) is 6.20 Å². The van der Waals surface area contributed by atoms with Crippen LogP contribution in [0, 0.1) is 6.57 Å². The van der Waals surface area contributed by atoms with E-state index in [0.717, 1.165) is 5.56 Å². The summed E-state index contributed by atoms with van der Waals surface area (Å²) in [6.07, 6.45) is 3.05. The number of nitrogens with one attached hydrogen (secondary N) is 1. The maximum atomic E-state index is 12.6. The van der Waals surface area contributed by atoms with Gasteiger partial charge in [0.25, 0.3) is 5.91 Å². The molecule has 1 aliphatic heterocycles. The van der Waals surface area contributed by atoms with Crippen molar-refractivity contribution in [2.24, 2.45) is 0 Å². The number of anilines is 1. The van der Waals surface area contributed by atoms with E-state index in [9.17, 15) is 4.79 Å². The summed E-state index contributed by atoms with van der Waals surface area (Å²) in [5, 5.41) is 7.10. The highest BCUT2D eigenvalue weighted by Crippen LogP contribution is 2.32. The summed E-state index contributed by atoms with van der Waals surface area (Å²) < 4.78 is 7.67. The van der Waals surface area contributed by atoms with Crippen LogP contribution in [0.25, 0.3) is 10.5 Å². The zero-order valence-electron chi connectivity index (χ0n) is 15.7. The Morgan fingerprint density at radius 2 is 2.25 bits per heavy atom. The van der Waals surface area contributed by atoms with Gasteiger partial charge in [-0.05, 0) is 26.0 Å². The Hall–Kier alpha value is -3.60. The van der Waals surface area contributed by atoms with Crippen LogP contribution in [0.15, 0.2) is 36.7 Å². The van der Waals surface area contributed by atoms with Crippen LogP contribution in [0.2, 0.25) is 0 Å². The molecule has 0 spiro atoms. The van der Waals surface area contributed by atoms with Gasteiger partial charge in [-0.2, -0.15) is 5.10 Å². The highest BCUT2D eigenvalue weighted by atomic mass is 16.5. The summed E-state index contributed by atoms with van der Waals surface area (Å²) >= 11 is 0. The van der Waals surface area contributed by atoms with Crippen LogP contribution in [-0.4, -0.2) is 39.7 Å². The molecule has 1 aliphatic rings. The zero-order chi connectivity index (χ0) is 19.7. The predicted octanol–water partition coefficient (Wildman–Crippen LogP) is 2.82. The number of amides is 1. The third-order valence-electron chi connectivity index (χ3n) is 4.76. The summed E-state index contributed by atoms with van der Waals surface area (Å²) in [4.78, 5) is 23.0. The molecule has 4 rings (SSSR count). The molecule has 0 unspecified atom stereocenters. The number of carbonyl (C=O) groups is 1. The minimum absolute atomic E-state index is 0.243. The summed E-state index contributed by atoms with van der Waals surface area (Å²) in [6, 6.07) is 7.32. The highest BCUT2D eigenvalue weighted by Gasteiger charge is 2.21. The Morgan fingerprint density at radius 3 is 3.04 bits per heavy atom. The van der Waals surface area contributed by atoms with Crippen LogP contribution >= 0.6 is 0 Å². The van der Waals surface area contributed by atoms with Crippen molar-refractivity contribution in [2.45, 2.75) is 26.5 Å². The van der Waals surface area contributed by atoms with Gasteiger partial charge in [0.05, 0.1) is 19.3 Å². The largest absolute Gasteiger partial charge is 0.490 e. The van der Waals surface area contributed by atoms with Crippen molar-refractivity contribution in [2.75, 3.05) is 18.0 Å². The first kappa shape index (κ1) is 17.8. The van der Waals surface area contributed by atoms with Gasteiger partial charge >= 0.3 is 0 Å². The molecule has 1 amide bonds. The lowest BCUT2D eigenvalue weighted by Crippen LogP contribution is -2.33. The van der Waals surface area contributed by atoms with Gasteiger partial charge < -0.3 is 15.0 Å². The maximum Gasteiger partial charge on any atom is 0.256 e. The van der Waals surface area contributed by atoms with Crippen molar-refractivity contribution in [3.8, 4) is 5.75 Å². The lowest BCUT2D eigenvalue weighted by Gasteiger charge is -2.25. The number of hydrogen-bond donors (Lipinski definition) is 1. The molecule has 0 radical (unpaired) electrons. The number of carbonyl (C=O) groups excluding carboxylic acids is 1. The van der Waals surface area contributed by atoms with Crippen LogP contribution in [0.4, 0.5) is 11.5 Å².